The van der Waals surface area contributed by atoms with Gasteiger partial charge in [0.1, 0.15) is 0 Å². The van der Waals surface area contributed by atoms with E-state index < -0.39 is 0 Å². The van der Waals surface area contributed by atoms with Crippen LogP contribution in [-0.4, -0.2) is 31.6 Å². The quantitative estimate of drug-likeness (QED) is 0.817. The predicted octanol–water partition coefficient (Wildman–Crippen LogP) is 3.64. The van der Waals surface area contributed by atoms with Gasteiger partial charge in [0.25, 0.3) is 0 Å². The van der Waals surface area contributed by atoms with Crippen molar-refractivity contribution in [3.63, 3.8) is 0 Å². The summed E-state index contributed by atoms with van der Waals surface area (Å²) >= 11 is 3.51. The van der Waals surface area contributed by atoms with E-state index >= 15 is 0 Å². The first-order chi connectivity index (χ1) is 9.19. The van der Waals surface area contributed by atoms with Gasteiger partial charge in [0.2, 0.25) is 0 Å². The lowest BCUT2D eigenvalue weighted by atomic mass is 10.1. The van der Waals surface area contributed by atoms with Gasteiger partial charge in [-0.05, 0) is 48.1 Å². The molecule has 0 saturated carbocycles. The van der Waals surface area contributed by atoms with Crippen LogP contribution in [0.15, 0.2) is 40.9 Å². The van der Waals surface area contributed by atoms with Crippen molar-refractivity contribution in [3.8, 4) is 0 Å². The normalized spacial score (nSPS) is 11.4. The highest BCUT2D eigenvalue weighted by atomic mass is 79.9. The van der Waals surface area contributed by atoms with Crippen LogP contribution in [0, 0.1) is 0 Å². The van der Waals surface area contributed by atoms with Crippen molar-refractivity contribution in [2.75, 3.05) is 26.7 Å². The van der Waals surface area contributed by atoms with Crippen molar-refractivity contribution >= 4 is 26.7 Å². The summed E-state index contributed by atoms with van der Waals surface area (Å²) in [7, 11) is 2.17. The van der Waals surface area contributed by atoms with Gasteiger partial charge < -0.3 is 10.2 Å². The average Bonchev–Trinajstić information content (AvgIpc) is 2.39. The van der Waals surface area contributed by atoms with E-state index in [1.165, 1.54) is 16.3 Å². The molecule has 102 valence electrons. The Morgan fingerprint density at radius 2 is 1.84 bits per heavy atom. The highest BCUT2D eigenvalue weighted by Gasteiger charge is 2.02. The van der Waals surface area contributed by atoms with Gasteiger partial charge in [-0.15, -0.1) is 0 Å². The van der Waals surface area contributed by atoms with E-state index in [1.54, 1.807) is 0 Å². The van der Waals surface area contributed by atoms with E-state index in [1.807, 2.05) is 0 Å². The second-order valence-corrected chi connectivity index (χ2v) is 5.83. The van der Waals surface area contributed by atoms with Crippen LogP contribution in [0.1, 0.15) is 12.5 Å². The fourth-order valence-corrected chi connectivity index (χ4v) is 2.58. The molecule has 0 aliphatic carbocycles. The van der Waals surface area contributed by atoms with Gasteiger partial charge in [0.15, 0.2) is 0 Å². The molecule has 0 fully saturated rings. The van der Waals surface area contributed by atoms with Crippen molar-refractivity contribution in [1.29, 1.82) is 0 Å². The molecule has 0 aromatic heterocycles. The van der Waals surface area contributed by atoms with Gasteiger partial charge in [-0.3, -0.25) is 0 Å². The summed E-state index contributed by atoms with van der Waals surface area (Å²) < 4.78 is 1.13. The average molecular weight is 321 g/mol. The van der Waals surface area contributed by atoms with Gasteiger partial charge in [-0.25, -0.2) is 0 Å². The van der Waals surface area contributed by atoms with Crippen molar-refractivity contribution in [2.45, 2.75) is 13.5 Å². The third kappa shape index (κ3) is 4.30. The number of likely N-dealkylation sites (N-methyl/N-ethyl adjacent to an activating group) is 2. The molecule has 2 aromatic carbocycles. The zero-order valence-electron chi connectivity index (χ0n) is 11.6. The Balaban J connectivity index is 2.02. The number of rotatable bonds is 6. The molecule has 19 heavy (non-hydrogen) atoms. The van der Waals surface area contributed by atoms with Gasteiger partial charge >= 0.3 is 0 Å². The second-order valence-electron chi connectivity index (χ2n) is 4.92. The van der Waals surface area contributed by atoms with E-state index in [4.69, 9.17) is 0 Å². The lowest BCUT2D eigenvalue weighted by Crippen LogP contribution is -2.28. The van der Waals surface area contributed by atoms with Gasteiger partial charge in [-0.2, -0.15) is 0 Å². The molecule has 2 nitrogen and oxygen atoms in total. The third-order valence-corrected chi connectivity index (χ3v) is 3.73. The Kier molecular flexibility index (Phi) is 5.37. The van der Waals surface area contributed by atoms with Crippen LogP contribution >= 0.6 is 15.9 Å². The van der Waals surface area contributed by atoms with Crippen LogP contribution in [0.5, 0.6) is 0 Å². The number of hydrogen-bond donors (Lipinski definition) is 1. The molecule has 0 aliphatic heterocycles. The summed E-state index contributed by atoms with van der Waals surface area (Å²) in [6.45, 7) is 6.30. The summed E-state index contributed by atoms with van der Waals surface area (Å²) in [5.74, 6) is 0. The highest BCUT2D eigenvalue weighted by molar-refractivity contribution is 9.10. The first-order valence-corrected chi connectivity index (χ1v) is 7.56. The Hall–Kier alpha value is -0.900. The highest BCUT2D eigenvalue weighted by Crippen LogP contribution is 2.21. The zero-order chi connectivity index (χ0) is 13.7. The number of nitrogens with zero attached hydrogens (tertiary/aromatic N) is 1. The monoisotopic (exact) mass is 320 g/mol. The molecule has 0 heterocycles. The van der Waals surface area contributed by atoms with E-state index in [9.17, 15) is 0 Å². The van der Waals surface area contributed by atoms with Crippen LogP contribution < -0.4 is 5.32 Å². The van der Waals surface area contributed by atoms with Crippen molar-refractivity contribution in [1.82, 2.24) is 10.2 Å². The second kappa shape index (κ2) is 7.04. The maximum Gasteiger partial charge on any atom is 0.0231 e. The van der Waals surface area contributed by atoms with E-state index in [-0.39, 0.29) is 0 Å². The summed E-state index contributed by atoms with van der Waals surface area (Å²) in [5.41, 5.74) is 1.37. The third-order valence-electron chi connectivity index (χ3n) is 3.24. The summed E-state index contributed by atoms with van der Waals surface area (Å²) in [5, 5.41) is 5.95. The Morgan fingerprint density at radius 3 is 2.63 bits per heavy atom. The number of nitrogens with one attached hydrogen (secondary N) is 1. The molecule has 0 bridgehead atoms. The minimum absolute atomic E-state index is 0.997. The van der Waals surface area contributed by atoms with Gasteiger partial charge in [-0.1, -0.05) is 41.1 Å². The maximum absolute atomic E-state index is 3.51. The number of halogens is 1. The van der Waals surface area contributed by atoms with E-state index in [0.717, 1.165) is 30.7 Å². The SMILES string of the molecule is CCNCCN(C)Cc1ccc2cc(Br)ccc2c1. The van der Waals surface area contributed by atoms with Crippen LogP contribution in [0.4, 0.5) is 0 Å². The molecule has 2 rings (SSSR count). The maximum atomic E-state index is 3.51. The Morgan fingerprint density at radius 1 is 1.11 bits per heavy atom. The van der Waals surface area contributed by atoms with Crippen LogP contribution in [0.2, 0.25) is 0 Å². The fourth-order valence-electron chi connectivity index (χ4n) is 2.20. The van der Waals surface area contributed by atoms with Crippen LogP contribution in [-0.2, 0) is 6.54 Å². The van der Waals surface area contributed by atoms with Crippen molar-refractivity contribution in [3.05, 3.63) is 46.4 Å². The Bertz CT molecular complexity index is 539. The van der Waals surface area contributed by atoms with Crippen molar-refractivity contribution < 1.29 is 0 Å². The summed E-state index contributed by atoms with van der Waals surface area (Å²) in [6.07, 6.45) is 0. The van der Waals surface area contributed by atoms with Crippen LogP contribution in [0.3, 0.4) is 0 Å². The summed E-state index contributed by atoms with van der Waals surface area (Å²) in [4.78, 5) is 2.35. The standard InChI is InChI=1S/C16H21BrN2/c1-3-18-8-9-19(2)12-13-4-5-15-11-16(17)7-6-14(15)10-13/h4-7,10-11,18H,3,8-9,12H2,1-2H3. The van der Waals surface area contributed by atoms with Crippen LogP contribution in [0.25, 0.3) is 10.8 Å². The molecule has 1 N–H and O–H groups in total. The lowest BCUT2D eigenvalue weighted by Gasteiger charge is -2.17. The molecule has 3 heteroatoms. The summed E-state index contributed by atoms with van der Waals surface area (Å²) in [6, 6.07) is 13.1. The number of hydrogen-bond acceptors (Lipinski definition) is 2. The molecular weight excluding hydrogens is 300 g/mol. The Labute approximate surface area is 123 Å². The molecule has 0 amide bonds. The molecule has 0 atom stereocenters. The van der Waals surface area contributed by atoms with Crippen molar-refractivity contribution in [2.24, 2.45) is 0 Å². The molecule has 2 aromatic rings. The predicted molar refractivity (Wildman–Crippen MR) is 86.5 cm³/mol. The smallest absolute Gasteiger partial charge is 0.0231 e. The molecular formula is C16H21BrN2. The molecule has 0 radical (unpaired) electrons. The first-order valence-electron chi connectivity index (χ1n) is 6.76. The zero-order valence-corrected chi connectivity index (χ0v) is 13.2. The minimum Gasteiger partial charge on any atom is -0.316 e. The van der Waals surface area contributed by atoms with Gasteiger partial charge in [0, 0.05) is 24.1 Å². The van der Waals surface area contributed by atoms with E-state index in [0.29, 0.717) is 0 Å². The number of benzene rings is 2. The lowest BCUT2D eigenvalue weighted by molar-refractivity contribution is 0.326. The fraction of sp³-hybridized carbons (Fsp3) is 0.375. The topological polar surface area (TPSA) is 15.3 Å². The van der Waals surface area contributed by atoms with E-state index in [2.05, 4.69) is 76.5 Å². The minimum atomic E-state index is 0.997. The molecule has 0 saturated heterocycles. The van der Waals surface area contributed by atoms with Gasteiger partial charge in [0.05, 0.1) is 0 Å². The molecule has 0 spiro atoms. The largest absolute Gasteiger partial charge is 0.316 e. The molecule has 0 unspecified atom stereocenters. The number of fused-ring (bicyclic) bond motifs is 1. The molecule has 0 aliphatic rings. The first kappa shape index (κ1) is 14.5.